The number of hydrogen-bond acceptors (Lipinski definition) is 5. The Balaban J connectivity index is 2.85. The summed E-state index contributed by atoms with van der Waals surface area (Å²) >= 11 is 3.39. The second-order valence-electron chi connectivity index (χ2n) is 4.18. The van der Waals surface area contributed by atoms with E-state index in [9.17, 15) is 4.79 Å². The zero-order valence-corrected chi connectivity index (χ0v) is 13.5. The smallest absolute Gasteiger partial charge is 0.305 e. The van der Waals surface area contributed by atoms with E-state index in [4.69, 9.17) is 19.9 Å². The van der Waals surface area contributed by atoms with Gasteiger partial charge in [0.15, 0.2) is 0 Å². The van der Waals surface area contributed by atoms with Crippen molar-refractivity contribution in [3.05, 3.63) is 22.2 Å². The van der Waals surface area contributed by atoms with Crippen molar-refractivity contribution in [3.63, 3.8) is 0 Å². The molecular formula is C14H20BrNO4. The average molecular weight is 346 g/mol. The van der Waals surface area contributed by atoms with Gasteiger partial charge in [0.25, 0.3) is 0 Å². The molecule has 0 aliphatic heterocycles. The molecule has 0 aliphatic carbocycles. The molecule has 1 unspecified atom stereocenters. The lowest BCUT2D eigenvalue weighted by Crippen LogP contribution is -2.15. The van der Waals surface area contributed by atoms with Crippen molar-refractivity contribution in [2.24, 2.45) is 5.73 Å². The highest BCUT2D eigenvalue weighted by Crippen LogP contribution is 2.36. The molecule has 2 N–H and O–H groups in total. The van der Waals surface area contributed by atoms with E-state index in [1.54, 1.807) is 27.2 Å². The molecule has 0 spiro atoms. The summed E-state index contributed by atoms with van der Waals surface area (Å²) in [6, 6.07) is 3.30. The Labute approximate surface area is 127 Å². The quantitative estimate of drug-likeness (QED) is 0.769. The van der Waals surface area contributed by atoms with Gasteiger partial charge in [0.1, 0.15) is 11.5 Å². The molecule has 0 radical (unpaired) electrons. The third-order valence-electron chi connectivity index (χ3n) is 2.87. The molecule has 5 nitrogen and oxygen atoms in total. The molecule has 0 bridgehead atoms. The largest absolute Gasteiger partial charge is 0.496 e. The number of nitrogens with two attached hydrogens (primary N) is 1. The molecule has 0 aromatic heterocycles. The maximum absolute atomic E-state index is 11.4. The van der Waals surface area contributed by atoms with Crippen molar-refractivity contribution in [3.8, 4) is 11.5 Å². The monoisotopic (exact) mass is 345 g/mol. The van der Waals surface area contributed by atoms with E-state index in [2.05, 4.69) is 15.9 Å². The SMILES string of the molecule is CCOC(=O)CCC(N)c1cc(OC)c(Br)cc1OC. The van der Waals surface area contributed by atoms with E-state index in [0.717, 1.165) is 10.0 Å². The van der Waals surface area contributed by atoms with Gasteiger partial charge in [-0.15, -0.1) is 0 Å². The van der Waals surface area contributed by atoms with Gasteiger partial charge in [0.2, 0.25) is 0 Å². The Morgan fingerprint density at radius 2 is 1.95 bits per heavy atom. The summed E-state index contributed by atoms with van der Waals surface area (Å²) in [6.45, 7) is 2.16. The number of carbonyl (C=O) groups is 1. The van der Waals surface area contributed by atoms with Gasteiger partial charge in [-0.25, -0.2) is 0 Å². The van der Waals surface area contributed by atoms with Gasteiger partial charge in [0.05, 0.1) is 25.3 Å². The topological polar surface area (TPSA) is 70.8 Å². The fourth-order valence-electron chi connectivity index (χ4n) is 1.84. The molecule has 1 aromatic rings. The Morgan fingerprint density at radius 1 is 1.30 bits per heavy atom. The first-order chi connectivity index (χ1) is 9.53. The molecule has 1 aromatic carbocycles. The number of carbonyl (C=O) groups excluding carboxylic acids is 1. The molecule has 0 fully saturated rings. The van der Waals surface area contributed by atoms with Crippen LogP contribution < -0.4 is 15.2 Å². The van der Waals surface area contributed by atoms with E-state index in [1.165, 1.54) is 0 Å². The molecular weight excluding hydrogens is 326 g/mol. The van der Waals surface area contributed by atoms with Crippen molar-refractivity contribution >= 4 is 21.9 Å². The van der Waals surface area contributed by atoms with Crippen LogP contribution in [0.1, 0.15) is 31.4 Å². The molecule has 1 rings (SSSR count). The minimum absolute atomic E-state index is 0.244. The first-order valence-electron chi connectivity index (χ1n) is 6.36. The summed E-state index contributed by atoms with van der Waals surface area (Å²) in [4.78, 5) is 11.4. The number of benzene rings is 1. The van der Waals surface area contributed by atoms with Crippen LogP contribution in [0.5, 0.6) is 11.5 Å². The van der Waals surface area contributed by atoms with Gasteiger partial charge in [-0.3, -0.25) is 4.79 Å². The lowest BCUT2D eigenvalue weighted by atomic mass is 10.0. The summed E-state index contributed by atoms with van der Waals surface area (Å²) in [7, 11) is 3.16. The highest BCUT2D eigenvalue weighted by molar-refractivity contribution is 9.10. The normalized spacial score (nSPS) is 11.8. The predicted molar refractivity (Wildman–Crippen MR) is 80.0 cm³/mol. The van der Waals surface area contributed by atoms with E-state index in [0.29, 0.717) is 24.5 Å². The van der Waals surface area contributed by atoms with Crippen molar-refractivity contribution < 1.29 is 19.0 Å². The molecule has 20 heavy (non-hydrogen) atoms. The number of esters is 1. The van der Waals surface area contributed by atoms with E-state index in [-0.39, 0.29) is 18.4 Å². The average Bonchev–Trinajstić information content (AvgIpc) is 2.44. The van der Waals surface area contributed by atoms with E-state index >= 15 is 0 Å². The molecule has 112 valence electrons. The number of hydrogen-bond donors (Lipinski definition) is 1. The Kier molecular flexibility index (Phi) is 6.81. The van der Waals surface area contributed by atoms with Crippen LogP contribution in [-0.4, -0.2) is 26.8 Å². The van der Waals surface area contributed by atoms with Crippen LogP contribution in [0.3, 0.4) is 0 Å². The Hall–Kier alpha value is -1.27. The summed E-state index contributed by atoms with van der Waals surface area (Å²) in [6.07, 6.45) is 0.760. The second-order valence-corrected chi connectivity index (χ2v) is 5.03. The maximum atomic E-state index is 11.4. The maximum Gasteiger partial charge on any atom is 0.305 e. The zero-order valence-electron chi connectivity index (χ0n) is 11.9. The van der Waals surface area contributed by atoms with Gasteiger partial charge in [-0.05, 0) is 41.4 Å². The third kappa shape index (κ3) is 4.38. The molecule has 0 heterocycles. The predicted octanol–water partition coefficient (Wildman–Crippen LogP) is 2.81. The Morgan fingerprint density at radius 3 is 2.50 bits per heavy atom. The van der Waals surface area contributed by atoms with Crippen LogP contribution in [-0.2, 0) is 9.53 Å². The van der Waals surface area contributed by atoms with Crippen LogP contribution in [0.4, 0.5) is 0 Å². The van der Waals surface area contributed by atoms with Gasteiger partial charge in [0, 0.05) is 18.0 Å². The number of methoxy groups -OCH3 is 2. The minimum Gasteiger partial charge on any atom is -0.496 e. The number of rotatable bonds is 7. The van der Waals surface area contributed by atoms with Crippen LogP contribution >= 0.6 is 15.9 Å². The fourth-order valence-corrected chi connectivity index (χ4v) is 2.32. The van der Waals surface area contributed by atoms with Gasteiger partial charge in [-0.2, -0.15) is 0 Å². The first-order valence-corrected chi connectivity index (χ1v) is 7.15. The van der Waals surface area contributed by atoms with Gasteiger partial charge in [-0.1, -0.05) is 0 Å². The summed E-state index contributed by atoms with van der Waals surface area (Å²) in [5.41, 5.74) is 6.93. The first kappa shape index (κ1) is 16.8. The highest BCUT2D eigenvalue weighted by atomic mass is 79.9. The summed E-state index contributed by atoms with van der Waals surface area (Å²) in [5, 5.41) is 0. The van der Waals surface area contributed by atoms with Crippen LogP contribution in [0.25, 0.3) is 0 Å². The van der Waals surface area contributed by atoms with Gasteiger partial charge >= 0.3 is 5.97 Å². The summed E-state index contributed by atoms with van der Waals surface area (Å²) < 4.78 is 16.3. The molecule has 0 saturated heterocycles. The minimum atomic E-state index is -0.323. The Bertz CT molecular complexity index is 465. The van der Waals surface area contributed by atoms with Crippen LogP contribution in [0.15, 0.2) is 16.6 Å². The summed E-state index contributed by atoms with van der Waals surface area (Å²) in [5.74, 6) is 1.09. The van der Waals surface area contributed by atoms with Crippen molar-refractivity contribution in [1.29, 1.82) is 0 Å². The highest BCUT2D eigenvalue weighted by Gasteiger charge is 2.17. The van der Waals surface area contributed by atoms with E-state index in [1.807, 2.05) is 6.07 Å². The van der Waals surface area contributed by atoms with Crippen molar-refractivity contribution in [2.75, 3.05) is 20.8 Å². The molecule has 6 heteroatoms. The second kappa shape index (κ2) is 8.11. The lowest BCUT2D eigenvalue weighted by Gasteiger charge is -2.17. The van der Waals surface area contributed by atoms with Crippen LogP contribution in [0, 0.1) is 0 Å². The number of ether oxygens (including phenoxy) is 3. The molecule has 0 amide bonds. The number of halogens is 1. The fraction of sp³-hybridized carbons (Fsp3) is 0.500. The van der Waals surface area contributed by atoms with Crippen molar-refractivity contribution in [1.82, 2.24) is 0 Å². The molecule has 1 atom stereocenters. The molecule has 0 saturated carbocycles. The lowest BCUT2D eigenvalue weighted by molar-refractivity contribution is -0.143. The zero-order chi connectivity index (χ0) is 15.1. The van der Waals surface area contributed by atoms with Crippen LogP contribution in [0.2, 0.25) is 0 Å². The van der Waals surface area contributed by atoms with Gasteiger partial charge < -0.3 is 19.9 Å². The standard InChI is InChI=1S/C14H20BrNO4/c1-4-20-14(17)6-5-11(16)9-7-13(19-3)10(15)8-12(9)18-2/h7-8,11H,4-6,16H2,1-3H3. The van der Waals surface area contributed by atoms with E-state index < -0.39 is 0 Å². The third-order valence-corrected chi connectivity index (χ3v) is 3.49. The van der Waals surface area contributed by atoms with Crippen molar-refractivity contribution in [2.45, 2.75) is 25.8 Å². The molecule has 0 aliphatic rings.